The number of likely N-dealkylation sites (tertiary alicyclic amines) is 1. The molecule has 0 amide bonds. The van der Waals surface area contributed by atoms with Crippen molar-refractivity contribution in [3.8, 4) is 0 Å². The molecule has 1 aliphatic rings. The fourth-order valence-corrected chi connectivity index (χ4v) is 2.88. The van der Waals surface area contributed by atoms with Crippen molar-refractivity contribution in [1.29, 1.82) is 0 Å². The highest BCUT2D eigenvalue weighted by atomic mass is 35.5. The number of benzene rings is 1. The summed E-state index contributed by atoms with van der Waals surface area (Å²) in [7, 11) is 0. The molecule has 1 fully saturated rings. The van der Waals surface area contributed by atoms with Gasteiger partial charge >= 0.3 is 5.96 Å². The summed E-state index contributed by atoms with van der Waals surface area (Å²) >= 11 is 5.90. The summed E-state index contributed by atoms with van der Waals surface area (Å²) in [6, 6.07) is 7.83. The predicted octanol–water partition coefficient (Wildman–Crippen LogP) is -0.994. The SMILES string of the molecule is NC(N)=[N+](CCCCN1CCCC1)Cc1ccc(Cl)cc1.[Cl-]. The minimum Gasteiger partial charge on any atom is -1.00 e. The number of unbranched alkanes of at least 4 members (excludes halogenated alkanes) is 1. The highest BCUT2D eigenvalue weighted by Crippen LogP contribution is 2.11. The van der Waals surface area contributed by atoms with Gasteiger partial charge in [-0.15, -0.1) is 0 Å². The van der Waals surface area contributed by atoms with E-state index in [2.05, 4.69) is 4.90 Å². The van der Waals surface area contributed by atoms with Crippen LogP contribution in [0.4, 0.5) is 0 Å². The Morgan fingerprint density at radius 2 is 1.73 bits per heavy atom. The molecule has 0 aliphatic carbocycles. The van der Waals surface area contributed by atoms with Gasteiger partial charge in [0.05, 0.1) is 13.1 Å². The molecule has 0 unspecified atom stereocenters. The smallest absolute Gasteiger partial charge is 0.341 e. The third kappa shape index (κ3) is 6.42. The Bertz CT molecular complexity index is 464. The lowest BCUT2D eigenvalue weighted by Gasteiger charge is -2.15. The first kappa shape index (κ1) is 19.1. The Morgan fingerprint density at radius 1 is 1.09 bits per heavy atom. The quantitative estimate of drug-likeness (QED) is 0.289. The number of halogens is 2. The number of hydrogen-bond acceptors (Lipinski definition) is 1. The predicted molar refractivity (Wildman–Crippen MR) is 88.6 cm³/mol. The van der Waals surface area contributed by atoms with Gasteiger partial charge in [-0.25, -0.2) is 0 Å². The fraction of sp³-hybridized carbons (Fsp3) is 0.562. The number of rotatable bonds is 7. The maximum Gasteiger partial charge on any atom is 0.341 e. The Hall–Kier alpha value is -0.970. The van der Waals surface area contributed by atoms with Gasteiger partial charge in [-0.1, -0.05) is 23.7 Å². The van der Waals surface area contributed by atoms with Gasteiger partial charge in [0.1, 0.15) is 0 Å². The van der Waals surface area contributed by atoms with E-state index in [1.54, 1.807) is 0 Å². The summed E-state index contributed by atoms with van der Waals surface area (Å²) in [6.45, 7) is 5.36. The normalized spacial score (nSPS) is 14.6. The number of guanidine groups is 1. The van der Waals surface area contributed by atoms with Crippen LogP contribution in [-0.4, -0.2) is 41.6 Å². The molecule has 1 saturated heterocycles. The molecular weight excluding hydrogens is 319 g/mol. The molecule has 1 aromatic rings. The van der Waals surface area contributed by atoms with Gasteiger partial charge in [0.15, 0.2) is 0 Å². The Kier molecular flexibility index (Phi) is 8.61. The van der Waals surface area contributed by atoms with E-state index < -0.39 is 0 Å². The van der Waals surface area contributed by atoms with Crippen LogP contribution in [-0.2, 0) is 6.54 Å². The van der Waals surface area contributed by atoms with E-state index in [1.165, 1.54) is 44.5 Å². The molecule has 1 heterocycles. The van der Waals surface area contributed by atoms with Crippen LogP contribution in [0.1, 0.15) is 31.2 Å². The zero-order valence-corrected chi connectivity index (χ0v) is 14.5. The number of hydrogen-bond donors (Lipinski definition) is 2. The average Bonchev–Trinajstić information content (AvgIpc) is 2.97. The van der Waals surface area contributed by atoms with Crippen molar-refractivity contribution in [3.63, 3.8) is 0 Å². The molecule has 0 radical (unpaired) electrons. The first-order valence-electron chi connectivity index (χ1n) is 7.75. The van der Waals surface area contributed by atoms with E-state index >= 15 is 0 Å². The molecule has 4 nitrogen and oxygen atoms in total. The van der Waals surface area contributed by atoms with Gasteiger partial charge in [-0.2, -0.15) is 0 Å². The zero-order valence-electron chi connectivity index (χ0n) is 13.0. The minimum absolute atomic E-state index is 0. The molecule has 0 saturated carbocycles. The molecule has 1 aliphatic heterocycles. The zero-order chi connectivity index (χ0) is 15.1. The molecule has 0 bridgehead atoms. The summed E-state index contributed by atoms with van der Waals surface area (Å²) in [6.07, 6.45) is 5.02. The Balaban J connectivity index is 0.00000242. The summed E-state index contributed by atoms with van der Waals surface area (Å²) in [5.74, 6) is 0.395. The maximum atomic E-state index is 5.90. The molecule has 124 valence electrons. The molecule has 6 heteroatoms. The Morgan fingerprint density at radius 3 is 2.32 bits per heavy atom. The van der Waals surface area contributed by atoms with Crippen LogP contribution in [0, 0.1) is 0 Å². The lowest BCUT2D eigenvalue weighted by molar-refractivity contribution is -0.546. The molecule has 22 heavy (non-hydrogen) atoms. The fourth-order valence-electron chi connectivity index (χ4n) is 2.75. The van der Waals surface area contributed by atoms with Crippen LogP contribution in [0.5, 0.6) is 0 Å². The standard InChI is InChI=1S/C16H25ClN4.ClH/c17-15-7-5-14(6-8-15)13-21(16(18)19)12-4-3-11-20-9-1-2-10-20;/h5-8H,1-4,9-13H2,(H3,18,19);1H. The van der Waals surface area contributed by atoms with E-state index in [0.717, 1.165) is 24.5 Å². The lowest BCUT2D eigenvalue weighted by atomic mass is 10.2. The largest absolute Gasteiger partial charge is 1.00 e. The van der Waals surface area contributed by atoms with Gasteiger partial charge in [-0.05, 0) is 63.0 Å². The molecule has 0 aromatic heterocycles. The van der Waals surface area contributed by atoms with Gasteiger partial charge in [0, 0.05) is 5.02 Å². The molecular formula is C16H26Cl2N4. The summed E-state index contributed by atoms with van der Waals surface area (Å²) in [4.78, 5) is 2.54. The topological polar surface area (TPSA) is 58.3 Å². The van der Waals surface area contributed by atoms with Gasteiger partial charge in [-0.3, -0.25) is 16.0 Å². The molecule has 0 atom stereocenters. The van der Waals surface area contributed by atoms with Crippen LogP contribution >= 0.6 is 11.6 Å². The highest BCUT2D eigenvalue weighted by molar-refractivity contribution is 6.30. The summed E-state index contributed by atoms with van der Waals surface area (Å²) in [5, 5.41) is 0.751. The third-order valence-electron chi connectivity index (χ3n) is 4.00. The second-order valence-corrected chi connectivity index (χ2v) is 6.17. The van der Waals surface area contributed by atoms with E-state index in [9.17, 15) is 0 Å². The van der Waals surface area contributed by atoms with Crippen molar-refractivity contribution in [1.82, 2.24) is 4.90 Å². The van der Waals surface area contributed by atoms with E-state index in [1.807, 2.05) is 28.8 Å². The maximum absolute atomic E-state index is 5.90. The first-order valence-corrected chi connectivity index (χ1v) is 8.12. The van der Waals surface area contributed by atoms with E-state index in [4.69, 9.17) is 23.1 Å². The monoisotopic (exact) mass is 344 g/mol. The lowest BCUT2D eigenvalue weighted by Crippen LogP contribution is -3.00. The number of nitrogens with zero attached hydrogens (tertiary/aromatic N) is 2. The molecule has 4 N–H and O–H groups in total. The van der Waals surface area contributed by atoms with Gasteiger partial charge in [0.25, 0.3) is 0 Å². The van der Waals surface area contributed by atoms with E-state index in [0.29, 0.717) is 5.96 Å². The molecule has 2 rings (SSSR count). The van der Waals surface area contributed by atoms with Crippen LogP contribution < -0.4 is 23.9 Å². The minimum atomic E-state index is 0. The Labute approximate surface area is 144 Å². The van der Waals surface area contributed by atoms with Crippen LogP contribution in [0.3, 0.4) is 0 Å². The van der Waals surface area contributed by atoms with Crippen molar-refractivity contribution < 1.29 is 17.0 Å². The number of nitrogens with two attached hydrogens (primary N) is 2. The van der Waals surface area contributed by atoms with Crippen molar-refractivity contribution in [2.75, 3.05) is 26.2 Å². The third-order valence-corrected chi connectivity index (χ3v) is 4.25. The van der Waals surface area contributed by atoms with Crippen molar-refractivity contribution in [2.24, 2.45) is 11.5 Å². The molecule has 0 spiro atoms. The average molecular weight is 345 g/mol. The van der Waals surface area contributed by atoms with Gasteiger partial charge < -0.3 is 17.3 Å². The summed E-state index contributed by atoms with van der Waals surface area (Å²) in [5.41, 5.74) is 12.8. The van der Waals surface area contributed by atoms with Crippen LogP contribution in [0.15, 0.2) is 24.3 Å². The van der Waals surface area contributed by atoms with Crippen molar-refractivity contribution in [2.45, 2.75) is 32.2 Å². The highest BCUT2D eigenvalue weighted by Gasteiger charge is 2.11. The van der Waals surface area contributed by atoms with Crippen molar-refractivity contribution in [3.05, 3.63) is 34.9 Å². The molecule has 1 aromatic carbocycles. The van der Waals surface area contributed by atoms with E-state index in [-0.39, 0.29) is 12.4 Å². The second-order valence-electron chi connectivity index (χ2n) is 5.73. The van der Waals surface area contributed by atoms with Crippen molar-refractivity contribution >= 4 is 17.6 Å². The first-order chi connectivity index (χ1) is 10.1. The van der Waals surface area contributed by atoms with Crippen LogP contribution in [0.25, 0.3) is 0 Å². The second kappa shape index (κ2) is 9.93. The van der Waals surface area contributed by atoms with Crippen LogP contribution in [0.2, 0.25) is 5.02 Å². The van der Waals surface area contributed by atoms with Gasteiger partial charge in [0.2, 0.25) is 0 Å². The summed E-state index contributed by atoms with van der Waals surface area (Å²) < 4.78 is 2.03.